The molecule has 0 spiro atoms. The maximum absolute atomic E-state index is 12.1. The summed E-state index contributed by atoms with van der Waals surface area (Å²) >= 11 is 0. The lowest BCUT2D eigenvalue weighted by molar-refractivity contribution is -0.0498. The van der Waals surface area contributed by atoms with E-state index in [4.69, 9.17) is 0 Å². The minimum atomic E-state index is -2.74. The van der Waals surface area contributed by atoms with E-state index >= 15 is 0 Å². The largest absolute Gasteiger partial charge is 0.435 e. The number of benzene rings is 1. The van der Waals surface area contributed by atoms with Gasteiger partial charge in [-0.15, -0.1) is 0 Å². The summed E-state index contributed by atoms with van der Waals surface area (Å²) < 4.78 is 28.6. The van der Waals surface area contributed by atoms with Crippen LogP contribution in [-0.2, 0) is 0 Å². The minimum Gasteiger partial charge on any atom is -0.435 e. The number of halogens is 2. The summed E-state index contributed by atoms with van der Waals surface area (Å²) in [5, 5.41) is 0. The van der Waals surface area contributed by atoms with E-state index in [-0.39, 0.29) is 5.75 Å². The average Bonchev–Trinajstić information content (AvgIpc) is 2.49. The zero-order chi connectivity index (χ0) is 15.1. The second-order valence-corrected chi connectivity index (χ2v) is 6.16. The molecule has 1 aliphatic rings. The Bertz CT molecular complexity index is 394. The van der Waals surface area contributed by atoms with Gasteiger partial charge in [0.25, 0.3) is 0 Å². The van der Waals surface area contributed by atoms with Crippen molar-refractivity contribution in [3.8, 4) is 5.75 Å². The molecule has 1 aliphatic carbocycles. The van der Waals surface area contributed by atoms with Crippen LogP contribution in [0, 0.1) is 5.92 Å². The van der Waals surface area contributed by atoms with Crippen LogP contribution in [0.25, 0.3) is 0 Å². The fourth-order valence-corrected chi connectivity index (χ4v) is 3.39. The molecule has 1 saturated carbocycles. The normalized spacial score (nSPS) is 22.5. The molecule has 0 heterocycles. The van der Waals surface area contributed by atoms with E-state index in [0.717, 1.165) is 5.92 Å². The summed E-state index contributed by atoms with van der Waals surface area (Å²) in [6.45, 7) is -0.493. The second kappa shape index (κ2) is 8.35. The lowest BCUT2D eigenvalue weighted by Gasteiger charge is -2.29. The van der Waals surface area contributed by atoms with Gasteiger partial charge in [0.15, 0.2) is 0 Å². The quantitative estimate of drug-likeness (QED) is 0.549. The Morgan fingerprint density at radius 3 is 2.29 bits per heavy atom. The summed E-state index contributed by atoms with van der Waals surface area (Å²) in [4.78, 5) is 0. The summed E-state index contributed by atoms with van der Waals surface area (Å²) in [6, 6.07) is 7.21. The molecule has 0 N–H and O–H groups in total. The molecule has 0 amide bonds. The van der Waals surface area contributed by atoms with Crippen LogP contribution in [0.1, 0.15) is 69.8 Å². The van der Waals surface area contributed by atoms with Gasteiger partial charge >= 0.3 is 6.61 Å². The maximum atomic E-state index is 12.1. The third kappa shape index (κ3) is 5.29. The zero-order valence-electron chi connectivity index (χ0n) is 12.9. The van der Waals surface area contributed by atoms with Crippen LogP contribution < -0.4 is 4.74 Å². The standard InChI is InChI=1S/C18H26F2O/c1-2-3-4-5-14-6-8-15(9-7-14)16-10-12-17(13-11-16)21-18(19)20/h10-15,18H,2-9H2,1H3/t14-,15-. The first kappa shape index (κ1) is 16.3. The van der Waals surface area contributed by atoms with E-state index in [1.54, 1.807) is 12.1 Å². The van der Waals surface area contributed by atoms with Crippen LogP contribution in [-0.4, -0.2) is 6.61 Å². The first-order valence-corrected chi connectivity index (χ1v) is 8.23. The highest BCUT2D eigenvalue weighted by Crippen LogP contribution is 2.38. The number of hydrogen-bond donors (Lipinski definition) is 0. The molecule has 0 aliphatic heterocycles. The molecule has 0 radical (unpaired) electrons. The van der Waals surface area contributed by atoms with Crippen molar-refractivity contribution >= 4 is 0 Å². The van der Waals surface area contributed by atoms with Gasteiger partial charge in [0.2, 0.25) is 0 Å². The fourth-order valence-electron chi connectivity index (χ4n) is 3.39. The summed E-state index contributed by atoms with van der Waals surface area (Å²) in [5.74, 6) is 1.74. The molecule has 2 rings (SSSR count). The van der Waals surface area contributed by atoms with E-state index in [0.29, 0.717) is 5.92 Å². The van der Waals surface area contributed by atoms with E-state index in [1.165, 1.54) is 56.9 Å². The Morgan fingerprint density at radius 1 is 1.05 bits per heavy atom. The van der Waals surface area contributed by atoms with Crippen LogP contribution in [0.5, 0.6) is 5.75 Å². The lowest BCUT2D eigenvalue weighted by atomic mass is 9.77. The molecular formula is C18H26F2O. The van der Waals surface area contributed by atoms with Gasteiger partial charge in [-0.25, -0.2) is 0 Å². The molecule has 0 aromatic heterocycles. The van der Waals surface area contributed by atoms with Crippen molar-refractivity contribution in [1.29, 1.82) is 0 Å². The second-order valence-electron chi connectivity index (χ2n) is 6.16. The van der Waals surface area contributed by atoms with Crippen molar-refractivity contribution in [3.05, 3.63) is 29.8 Å². The SMILES string of the molecule is CCCCC[C@H]1CC[C@H](c2ccc(OC(F)F)cc2)CC1. The molecular weight excluding hydrogens is 270 g/mol. The molecule has 0 saturated heterocycles. The zero-order valence-corrected chi connectivity index (χ0v) is 12.9. The Hall–Kier alpha value is -1.12. The highest BCUT2D eigenvalue weighted by atomic mass is 19.3. The number of rotatable bonds is 7. The number of ether oxygens (including phenoxy) is 1. The van der Waals surface area contributed by atoms with Crippen molar-refractivity contribution in [2.75, 3.05) is 0 Å². The number of unbranched alkanes of at least 4 members (excludes halogenated alkanes) is 2. The van der Waals surface area contributed by atoms with Crippen molar-refractivity contribution in [2.45, 2.75) is 70.8 Å². The predicted octanol–water partition coefficient (Wildman–Crippen LogP) is 6.14. The molecule has 1 aromatic carbocycles. The van der Waals surface area contributed by atoms with Gasteiger partial charge in [-0.3, -0.25) is 0 Å². The fraction of sp³-hybridized carbons (Fsp3) is 0.667. The van der Waals surface area contributed by atoms with Gasteiger partial charge < -0.3 is 4.74 Å². The van der Waals surface area contributed by atoms with Crippen LogP contribution in [0.2, 0.25) is 0 Å². The van der Waals surface area contributed by atoms with Gasteiger partial charge in [-0.2, -0.15) is 8.78 Å². The van der Waals surface area contributed by atoms with Crippen molar-refractivity contribution < 1.29 is 13.5 Å². The van der Waals surface area contributed by atoms with Crippen LogP contribution in [0.15, 0.2) is 24.3 Å². The van der Waals surface area contributed by atoms with E-state index < -0.39 is 6.61 Å². The van der Waals surface area contributed by atoms with Crippen LogP contribution in [0.4, 0.5) is 8.78 Å². The Balaban J connectivity index is 1.79. The van der Waals surface area contributed by atoms with Gasteiger partial charge in [-0.1, -0.05) is 44.7 Å². The first-order chi connectivity index (χ1) is 10.2. The highest BCUT2D eigenvalue weighted by molar-refractivity contribution is 5.29. The summed E-state index contributed by atoms with van der Waals surface area (Å²) in [6.07, 6.45) is 10.5. The topological polar surface area (TPSA) is 9.23 Å². The molecule has 1 aromatic rings. The van der Waals surface area contributed by atoms with Crippen LogP contribution in [0.3, 0.4) is 0 Å². The van der Waals surface area contributed by atoms with Gasteiger partial charge in [0, 0.05) is 0 Å². The van der Waals surface area contributed by atoms with Crippen molar-refractivity contribution in [1.82, 2.24) is 0 Å². The Morgan fingerprint density at radius 2 is 1.71 bits per heavy atom. The molecule has 21 heavy (non-hydrogen) atoms. The van der Waals surface area contributed by atoms with Gasteiger partial charge in [0.05, 0.1) is 0 Å². The number of alkyl halides is 2. The Kier molecular flexibility index (Phi) is 6.47. The van der Waals surface area contributed by atoms with Crippen molar-refractivity contribution in [3.63, 3.8) is 0 Å². The maximum Gasteiger partial charge on any atom is 0.387 e. The van der Waals surface area contributed by atoms with Gasteiger partial charge in [-0.05, 0) is 55.2 Å². The first-order valence-electron chi connectivity index (χ1n) is 8.23. The smallest absolute Gasteiger partial charge is 0.387 e. The molecule has 0 unspecified atom stereocenters. The molecule has 1 nitrogen and oxygen atoms in total. The molecule has 0 bridgehead atoms. The average molecular weight is 296 g/mol. The summed E-state index contributed by atoms with van der Waals surface area (Å²) in [5.41, 5.74) is 1.27. The molecule has 1 fully saturated rings. The van der Waals surface area contributed by atoms with E-state index in [9.17, 15) is 8.78 Å². The summed E-state index contributed by atoms with van der Waals surface area (Å²) in [7, 11) is 0. The minimum absolute atomic E-state index is 0.252. The third-order valence-electron chi connectivity index (χ3n) is 4.64. The van der Waals surface area contributed by atoms with Gasteiger partial charge in [0.1, 0.15) is 5.75 Å². The lowest BCUT2D eigenvalue weighted by Crippen LogP contribution is -2.13. The molecule has 0 atom stereocenters. The highest BCUT2D eigenvalue weighted by Gasteiger charge is 2.22. The van der Waals surface area contributed by atoms with Crippen molar-refractivity contribution in [2.24, 2.45) is 5.92 Å². The van der Waals surface area contributed by atoms with Crippen LogP contribution >= 0.6 is 0 Å². The Labute approximate surface area is 126 Å². The number of hydrogen-bond acceptors (Lipinski definition) is 1. The third-order valence-corrected chi connectivity index (χ3v) is 4.64. The monoisotopic (exact) mass is 296 g/mol. The molecule has 118 valence electrons. The van der Waals surface area contributed by atoms with E-state index in [2.05, 4.69) is 11.7 Å². The molecule has 3 heteroatoms. The van der Waals surface area contributed by atoms with E-state index in [1.807, 2.05) is 12.1 Å². The predicted molar refractivity (Wildman–Crippen MR) is 81.9 cm³/mol.